The molecule has 0 bridgehead atoms. The number of likely N-dealkylation sites (N-methyl/N-ethyl adjacent to an activating group) is 1. The number of nitrogens with zero attached hydrogens (tertiary/aromatic N) is 2. The Morgan fingerprint density at radius 2 is 0.913 bits per heavy atom. The first kappa shape index (κ1) is 43.4. The highest BCUT2D eigenvalue weighted by Gasteiger charge is 2.19. The average molecular weight is 661 g/mol. The van der Waals surface area contributed by atoms with E-state index in [4.69, 9.17) is 29.2 Å². The number of aliphatic carboxylic acids is 2. The summed E-state index contributed by atoms with van der Waals surface area (Å²) in [5.74, 6) is -1.74. The highest BCUT2D eigenvalue weighted by atomic mass is 16.7. The number of carbonyl (C=O) groups excluding carboxylic acids is 2. The van der Waals surface area contributed by atoms with Gasteiger partial charge in [-0.15, -0.1) is 0 Å². The van der Waals surface area contributed by atoms with E-state index < -0.39 is 24.2 Å². The van der Waals surface area contributed by atoms with Gasteiger partial charge in [-0.1, -0.05) is 66.2 Å². The van der Waals surface area contributed by atoms with Crippen LogP contribution in [0.25, 0.3) is 0 Å². The molecule has 0 spiro atoms. The van der Waals surface area contributed by atoms with Gasteiger partial charge < -0.3 is 34.1 Å². The fraction of sp³-hybridized carbons (Fsp3) is 0.882. The lowest BCUT2D eigenvalue weighted by Crippen LogP contribution is -2.39. The Hall–Kier alpha value is -2.60. The van der Waals surface area contributed by atoms with Gasteiger partial charge in [-0.25, -0.2) is 9.59 Å². The van der Waals surface area contributed by atoms with Crippen molar-refractivity contribution in [2.75, 3.05) is 52.5 Å². The molecule has 2 atom stereocenters. The monoisotopic (exact) mass is 660 g/mol. The molecule has 0 aromatic rings. The predicted octanol–water partition coefficient (Wildman–Crippen LogP) is 7.12. The third kappa shape index (κ3) is 26.6. The van der Waals surface area contributed by atoms with Crippen molar-refractivity contribution in [1.29, 1.82) is 0 Å². The van der Waals surface area contributed by atoms with E-state index in [1.54, 1.807) is 0 Å². The fourth-order valence-corrected chi connectivity index (χ4v) is 5.10. The van der Waals surface area contributed by atoms with Gasteiger partial charge in [0.15, 0.2) is 0 Å². The average Bonchev–Trinajstić information content (AvgIpc) is 3.00. The maximum atomic E-state index is 12.5. The summed E-state index contributed by atoms with van der Waals surface area (Å²) in [5.41, 5.74) is 0. The molecule has 12 heteroatoms. The van der Waals surface area contributed by atoms with Gasteiger partial charge in [0.05, 0.1) is 0 Å². The van der Waals surface area contributed by atoms with Crippen LogP contribution in [-0.2, 0) is 28.5 Å². The third-order valence-electron chi connectivity index (χ3n) is 8.00. The van der Waals surface area contributed by atoms with Crippen molar-refractivity contribution in [3.05, 3.63) is 0 Å². The summed E-state index contributed by atoms with van der Waals surface area (Å²) < 4.78 is 21.9. The Labute approximate surface area is 277 Å². The first-order valence-electron chi connectivity index (χ1n) is 17.7. The molecule has 0 saturated carbocycles. The molecule has 0 rings (SSSR count). The molecule has 0 radical (unpaired) electrons. The molecule has 46 heavy (non-hydrogen) atoms. The van der Waals surface area contributed by atoms with E-state index in [-0.39, 0.29) is 38.3 Å². The van der Waals surface area contributed by atoms with Gasteiger partial charge in [-0.3, -0.25) is 14.5 Å². The Bertz CT molecular complexity index is 738. The van der Waals surface area contributed by atoms with Crippen molar-refractivity contribution >= 4 is 24.2 Å². The molecule has 270 valence electrons. The number of carboxylic acids is 2. The number of hydrogen-bond acceptors (Lipinski definition) is 10. The fourth-order valence-electron chi connectivity index (χ4n) is 5.10. The Morgan fingerprint density at radius 1 is 0.522 bits per heavy atom. The van der Waals surface area contributed by atoms with Gasteiger partial charge in [-0.05, 0) is 64.5 Å². The molecular formula is C34H64N2O10. The van der Waals surface area contributed by atoms with E-state index in [1.165, 1.54) is 0 Å². The smallest absolute Gasteiger partial charge is 0.481 e. The molecule has 0 aliphatic heterocycles. The molecular weight excluding hydrogens is 596 g/mol. The van der Waals surface area contributed by atoms with E-state index >= 15 is 0 Å². The van der Waals surface area contributed by atoms with Crippen LogP contribution in [0.1, 0.15) is 130 Å². The van der Waals surface area contributed by atoms with Gasteiger partial charge in [-0.2, -0.15) is 0 Å². The van der Waals surface area contributed by atoms with Crippen LogP contribution in [0, 0.1) is 0 Å². The van der Waals surface area contributed by atoms with Crippen LogP contribution in [0.2, 0.25) is 0 Å². The summed E-state index contributed by atoms with van der Waals surface area (Å²) in [5, 5.41) is 17.9. The molecule has 0 fully saturated rings. The normalized spacial score (nSPS) is 12.6. The summed E-state index contributed by atoms with van der Waals surface area (Å²) >= 11 is 0. The van der Waals surface area contributed by atoms with Crippen molar-refractivity contribution in [3.8, 4) is 0 Å². The van der Waals surface area contributed by atoms with Crippen molar-refractivity contribution in [1.82, 2.24) is 9.80 Å². The zero-order valence-corrected chi connectivity index (χ0v) is 29.2. The summed E-state index contributed by atoms with van der Waals surface area (Å²) in [6.45, 7) is 12.8. The standard InChI is InChI=1S/C34H64N2O10/c1-5-9-11-13-17-29(19-15-21-31(37)38)45-33(41)43-27-25-36(24-23-35(7-3)8-4)26-28-44-34(42)46-30(18-14-12-10-6-2)20-16-22-32(39)40/h29-30H,5-28H2,1-4H3,(H,37,38)(H,39,40). The zero-order valence-electron chi connectivity index (χ0n) is 29.2. The Balaban J connectivity index is 4.92. The molecule has 0 heterocycles. The second-order valence-corrected chi connectivity index (χ2v) is 11.8. The summed E-state index contributed by atoms with van der Waals surface area (Å²) in [6.07, 6.45) is 9.26. The van der Waals surface area contributed by atoms with Gasteiger partial charge >= 0.3 is 24.2 Å². The zero-order chi connectivity index (χ0) is 34.4. The molecule has 0 amide bonds. The van der Waals surface area contributed by atoms with Gasteiger partial charge in [0, 0.05) is 39.0 Å². The minimum absolute atomic E-state index is 0.0331. The summed E-state index contributed by atoms with van der Waals surface area (Å²) in [4.78, 5) is 51.2. The van der Waals surface area contributed by atoms with Gasteiger partial charge in [0.1, 0.15) is 25.4 Å². The summed E-state index contributed by atoms with van der Waals surface area (Å²) in [7, 11) is 0. The highest BCUT2D eigenvalue weighted by molar-refractivity contribution is 5.67. The first-order valence-corrected chi connectivity index (χ1v) is 17.7. The lowest BCUT2D eigenvalue weighted by Gasteiger charge is -2.26. The number of ether oxygens (including phenoxy) is 4. The maximum absolute atomic E-state index is 12.5. The van der Waals surface area contributed by atoms with Crippen LogP contribution in [0.3, 0.4) is 0 Å². The van der Waals surface area contributed by atoms with E-state index in [0.29, 0.717) is 58.2 Å². The highest BCUT2D eigenvalue weighted by Crippen LogP contribution is 2.16. The van der Waals surface area contributed by atoms with Crippen molar-refractivity contribution in [2.24, 2.45) is 0 Å². The molecule has 2 unspecified atom stereocenters. The molecule has 2 N–H and O–H groups in total. The van der Waals surface area contributed by atoms with Crippen LogP contribution in [0.15, 0.2) is 0 Å². The quantitative estimate of drug-likeness (QED) is 0.0575. The number of carbonyl (C=O) groups is 4. The summed E-state index contributed by atoms with van der Waals surface area (Å²) in [6, 6.07) is 0. The van der Waals surface area contributed by atoms with Crippen LogP contribution in [0.5, 0.6) is 0 Å². The van der Waals surface area contributed by atoms with Crippen molar-refractivity contribution in [2.45, 2.75) is 143 Å². The maximum Gasteiger partial charge on any atom is 0.508 e. The van der Waals surface area contributed by atoms with Crippen LogP contribution < -0.4 is 0 Å². The molecule has 0 aromatic heterocycles. The minimum Gasteiger partial charge on any atom is -0.481 e. The van der Waals surface area contributed by atoms with Gasteiger partial charge in [0.2, 0.25) is 0 Å². The third-order valence-corrected chi connectivity index (χ3v) is 8.00. The predicted molar refractivity (Wildman–Crippen MR) is 177 cm³/mol. The lowest BCUT2D eigenvalue weighted by atomic mass is 10.0. The molecule has 0 aromatic carbocycles. The van der Waals surface area contributed by atoms with Crippen LogP contribution >= 0.6 is 0 Å². The number of rotatable bonds is 31. The van der Waals surface area contributed by atoms with E-state index in [9.17, 15) is 19.2 Å². The Morgan fingerprint density at radius 3 is 1.28 bits per heavy atom. The van der Waals surface area contributed by atoms with Crippen molar-refractivity contribution in [3.63, 3.8) is 0 Å². The van der Waals surface area contributed by atoms with E-state index in [1.807, 2.05) is 0 Å². The van der Waals surface area contributed by atoms with Crippen molar-refractivity contribution < 1.29 is 48.3 Å². The van der Waals surface area contributed by atoms with Crippen LogP contribution in [0.4, 0.5) is 9.59 Å². The van der Waals surface area contributed by atoms with Gasteiger partial charge in [0.25, 0.3) is 0 Å². The van der Waals surface area contributed by atoms with E-state index in [2.05, 4.69) is 37.5 Å². The number of unbranched alkanes of at least 4 members (excludes halogenated alkanes) is 6. The molecule has 0 saturated heterocycles. The SMILES string of the molecule is CCCCCCC(CCCC(=O)O)OC(=O)OCCN(CCOC(=O)OC(CCCCCC)CCCC(=O)O)CCN(CC)CC. The second kappa shape index (κ2) is 29.8. The van der Waals surface area contributed by atoms with E-state index in [0.717, 1.165) is 71.0 Å². The molecule has 12 nitrogen and oxygen atoms in total. The second-order valence-electron chi connectivity index (χ2n) is 11.8. The Kier molecular flexibility index (Phi) is 28.1. The molecule has 0 aliphatic rings. The number of carboxylic acid groups (broad SMARTS) is 2. The minimum atomic E-state index is -0.868. The lowest BCUT2D eigenvalue weighted by molar-refractivity contribution is -0.138. The number of hydrogen-bond donors (Lipinski definition) is 2. The van der Waals surface area contributed by atoms with Crippen LogP contribution in [-0.4, -0.2) is 109 Å². The molecule has 0 aliphatic carbocycles. The first-order chi connectivity index (χ1) is 22.1. The largest absolute Gasteiger partial charge is 0.508 e. The topological polar surface area (TPSA) is 152 Å².